The van der Waals surface area contributed by atoms with Gasteiger partial charge in [-0.15, -0.1) is 0 Å². The SMILES string of the molecule is COc1ccc(N)cc1.Cc1ccccc1. The lowest BCUT2D eigenvalue weighted by Crippen LogP contribution is -1.84. The number of nitrogen functional groups attached to an aromatic ring is 1. The van der Waals surface area contributed by atoms with Crippen LogP contribution in [-0.2, 0) is 0 Å². The molecule has 16 heavy (non-hydrogen) atoms. The van der Waals surface area contributed by atoms with Gasteiger partial charge in [-0.25, -0.2) is 0 Å². The molecule has 0 aliphatic carbocycles. The number of hydrogen-bond donors (Lipinski definition) is 1. The highest BCUT2D eigenvalue weighted by molar-refractivity contribution is 5.41. The summed E-state index contributed by atoms with van der Waals surface area (Å²) in [6.07, 6.45) is 0. The van der Waals surface area contributed by atoms with E-state index in [4.69, 9.17) is 10.5 Å². The van der Waals surface area contributed by atoms with Crippen molar-refractivity contribution in [1.82, 2.24) is 0 Å². The predicted octanol–water partition coefficient (Wildman–Crippen LogP) is 3.27. The van der Waals surface area contributed by atoms with Crippen LogP contribution >= 0.6 is 0 Å². The van der Waals surface area contributed by atoms with Crippen molar-refractivity contribution in [3.8, 4) is 5.75 Å². The molecule has 2 heteroatoms. The van der Waals surface area contributed by atoms with Crippen molar-refractivity contribution in [1.29, 1.82) is 0 Å². The Morgan fingerprint density at radius 2 is 1.44 bits per heavy atom. The van der Waals surface area contributed by atoms with Gasteiger partial charge in [0, 0.05) is 5.69 Å². The van der Waals surface area contributed by atoms with E-state index in [0.717, 1.165) is 11.4 Å². The number of hydrogen-bond acceptors (Lipinski definition) is 2. The highest BCUT2D eigenvalue weighted by atomic mass is 16.5. The second kappa shape index (κ2) is 6.51. The first-order valence-electron chi connectivity index (χ1n) is 5.13. The summed E-state index contributed by atoms with van der Waals surface area (Å²) in [4.78, 5) is 0. The Morgan fingerprint density at radius 1 is 0.875 bits per heavy atom. The van der Waals surface area contributed by atoms with E-state index in [9.17, 15) is 0 Å². The van der Waals surface area contributed by atoms with E-state index in [-0.39, 0.29) is 0 Å². The normalized spacial score (nSPS) is 8.88. The summed E-state index contributed by atoms with van der Waals surface area (Å²) in [5.41, 5.74) is 7.51. The van der Waals surface area contributed by atoms with Crippen molar-refractivity contribution in [2.75, 3.05) is 12.8 Å². The summed E-state index contributed by atoms with van der Waals surface area (Å²) in [7, 11) is 1.63. The number of aryl methyl sites for hydroxylation is 1. The van der Waals surface area contributed by atoms with Crippen molar-refractivity contribution in [2.45, 2.75) is 6.92 Å². The maximum Gasteiger partial charge on any atom is 0.119 e. The number of nitrogens with two attached hydrogens (primary N) is 1. The highest BCUT2D eigenvalue weighted by Gasteiger charge is 1.86. The molecule has 0 atom stereocenters. The Morgan fingerprint density at radius 3 is 1.81 bits per heavy atom. The van der Waals surface area contributed by atoms with Gasteiger partial charge in [0.2, 0.25) is 0 Å². The number of ether oxygens (including phenoxy) is 1. The monoisotopic (exact) mass is 215 g/mol. The smallest absolute Gasteiger partial charge is 0.119 e. The summed E-state index contributed by atoms with van der Waals surface area (Å²) in [5, 5.41) is 0. The first-order chi connectivity index (χ1) is 7.72. The molecule has 0 bridgehead atoms. The Labute approximate surface area is 96.7 Å². The lowest BCUT2D eigenvalue weighted by Gasteiger charge is -1.97. The average molecular weight is 215 g/mol. The number of anilines is 1. The summed E-state index contributed by atoms with van der Waals surface area (Å²) in [6.45, 7) is 2.08. The van der Waals surface area contributed by atoms with Gasteiger partial charge in [-0.3, -0.25) is 0 Å². The molecule has 0 aliphatic rings. The maximum atomic E-state index is 5.43. The van der Waals surface area contributed by atoms with E-state index >= 15 is 0 Å². The maximum absolute atomic E-state index is 5.43. The molecule has 0 saturated heterocycles. The fourth-order valence-corrected chi connectivity index (χ4v) is 1.14. The van der Waals surface area contributed by atoms with Crippen molar-refractivity contribution in [2.24, 2.45) is 0 Å². The predicted molar refractivity (Wildman–Crippen MR) is 68.6 cm³/mol. The minimum Gasteiger partial charge on any atom is -0.497 e. The van der Waals surface area contributed by atoms with Gasteiger partial charge >= 0.3 is 0 Å². The molecule has 0 aromatic heterocycles. The van der Waals surface area contributed by atoms with Gasteiger partial charge in [0.05, 0.1) is 7.11 Å². The third kappa shape index (κ3) is 4.51. The van der Waals surface area contributed by atoms with Gasteiger partial charge in [-0.05, 0) is 31.2 Å². The van der Waals surface area contributed by atoms with Crippen molar-refractivity contribution in [3.63, 3.8) is 0 Å². The Bertz CT molecular complexity index is 395. The second-order valence-corrected chi connectivity index (χ2v) is 3.43. The largest absolute Gasteiger partial charge is 0.497 e. The van der Waals surface area contributed by atoms with Crippen LogP contribution in [0.5, 0.6) is 5.75 Å². The first kappa shape index (κ1) is 12.1. The Balaban J connectivity index is 0.000000165. The van der Waals surface area contributed by atoms with Crippen LogP contribution in [0, 0.1) is 6.92 Å². The molecule has 0 unspecified atom stereocenters. The summed E-state index contributed by atoms with van der Waals surface area (Å²) in [6, 6.07) is 17.5. The van der Waals surface area contributed by atoms with Crippen LogP contribution in [0.15, 0.2) is 54.6 Å². The third-order valence-corrected chi connectivity index (χ3v) is 2.06. The van der Waals surface area contributed by atoms with Gasteiger partial charge < -0.3 is 10.5 Å². The summed E-state index contributed by atoms with van der Waals surface area (Å²) < 4.78 is 4.91. The molecule has 0 radical (unpaired) electrons. The fraction of sp³-hybridized carbons (Fsp3) is 0.143. The molecule has 0 saturated carbocycles. The third-order valence-electron chi connectivity index (χ3n) is 2.06. The molecule has 2 aromatic carbocycles. The second-order valence-electron chi connectivity index (χ2n) is 3.43. The Kier molecular flexibility index (Phi) is 4.93. The molecule has 84 valence electrons. The average Bonchev–Trinajstić information content (AvgIpc) is 2.32. The molecule has 0 amide bonds. The molecule has 0 fully saturated rings. The zero-order chi connectivity index (χ0) is 11.8. The zero-order valence-corrected chi connectivity index (χ0v) is 9.68. The van der Waals surface area contributed by atoms with E-state index in [1.165, 1.54) is 5.56 Å². The minimum atomic E-state index is 0.760. The summed E-state index contributed by atoms with van der Waals surface area (Å²) >= 11 is 0. The van der Waals surface area contributed by atoms with Crippen LogP contribution in [0.1, 0.15) is 5.56 Å². The molecule has 0 heterocycles. The molecular weight excluding hydrogens is 198 g/mol. The molecule has 2 aromatic rings. The first-order valence-corrected chi connectivity index (χ1v) is 5.13. The van der Waals surface area contributed by atoms with Gasteiger partial charge in [0.1, 0.15) is 5.75 Å². The van der Waals surface area contributed by atoms with Crippen LogP contribution in [0.25, 0.3) is 0 Å². The quantitative estimate of drug-likeness (QED) is 0.741. The standard InChI is InChI=1S/C7H9NO.C7H8/c1-9-7-4-2-6(8)3-5-7;1-7-5-3-2-4-6-7/h2-5H,8H2,1H3;2-6H,1H3. The summed E-state index contributed by atoms with van der Waals surface area (Å²) in [5.74, 6) is 0.837. The Hall–Kier alpha value is -1.96. The molecule has 0 aliphatic heterocycles. The molecule has 2 rings (SSSR count). The van der Waals surface area contributed by atoms with Gasteiger partial charge in [-0.1, -0.05) is 35.9 Å². The molecular formula is C14H17NO. The van der Waals surface area contributed by atoms with E-state index in [1.807, 2.05) is 30.3 Å². The fourth-order valence-electron chi connectivity index (χ4n) is 1.14. The highest BCUT2D eigenvalue weighted by Crippen LogP contribution is 2.11. The number of benzene rings is 2. The van der Waals surface area contributed by atoms with Crippen LogP contribution in [0.3, 0.4) is 0 Å². The number of methoxy groups -OCH3 is 1. The topological polar surface area (TPSA) is 35.2 Å². The molecule has 2 N–H and O–H groups in total. The van der Waals surface area contributed by atoms with Crippen LogP contribution in [-0.4, -0.2) is 7.11 Å². The van der Waals surface area contributed by atoms with Gasteiger partial charge in [0.15, 0.2) is 0 Å². The van der Waals surface area contributed by atoms with Crippen LogP contribution < -0.4 is 10.5 Å². The van der Waals surface area contributed by atoms with Gasteiger partial charge in [0.25, 0.3) is 0 Å². The van der Waals surface area contributed by atoms with Crippen molar-refractivity contribution < 1.29 is 4.74 Å². The van der Waals surface area contributed by atoms with E-state index < -0.39 is 0 Å². The number of rotatable bonds is 1. The van der Waals surface area contributed by atoms with Crippen LogP contribution in [0.4, 0.5) is 5.69 Å². The van der Waals surface area contributed by atoms with Crippen molar-refractivity contribution in [3.05, 3.63) is 60.2 Å². The van der Waals surface area contributed by atoms with Crippen LogP contribution in [0.2, 0.25) is 0 Å². The molecule has 0 spiro atoms. The zero-order valence-electron chi connectivity index (χ0n) is 9.68. The van der Waals surface area contributed by atoms with Gasteiger partial charge in [-0.2, -0.15) is 0 Å². The lowest BCUT2D eigenvalue weighted by molar-refractivity contribution is 0.415. The lowest BCUT2D eigenvalue weighted by atomic mass is 10.2. The minimum absolute atomic E-state index is 0.760. The van der Waals surface area contributed by atoms with E-state index in [1.54, 1.807) is 19.2 Å². The van der Waals surface area contributed by atoms with E-state index in [2.05, 4.69) is 19.1 Å². The molecule has 2 nitrogen and oxygen atoms in total. The van der Waals surface area contributed by atoms with E-state index in [0.29, 0.717) is 0 Å². The van der Waals surface area contributed by atoms with Crippen molar-refractivity contribution >= 4 is 5.69 Å².